The standard InChI is InChI=1S/C11H15N3O7/c12-8-13-6-2-4-9(17,1-15)5-3(16)10(2,14-8)7(19-6)11(18,20-4)21-5/h2-7,15-18H,1H2,(H3,12,13,14)/t2?,3-,4?,5+,6?,7+,9+,10-,11+/m1/s1. The van der Waals surface area contributed by atoms with E-state index in [4.69, 9.17) is 19.9 Å². The van der Waals surface area contributed by atoms with E-state index in [-0.39, 0.29) is 5.96 Å². The quantitative estimate of drug-likeness (QED) is 0.281. The molecule has 0 aromatic heterocycles. The molecule has 6 aliphatic rings. The highest BCUT2D eigenvalue weighted by Gasteiger charge is 2.86. The van der Waals surface area contributed by atoms with Crippen LogP contribution in [0.4, 0.5) is 0 Å². The summed E-state index contributed by atoms with van der Waals surface area (Å²) in [5, 5.41) is 44.4. The first-order valence-corrected chi connectivity index (χ1v) is 6.73. The van der Waals surface area contributed by atoms with Crippen molar-refractivity contribution in [2.75, 3.05) is 6.61 Å². The van der Waals surface area contributed by atoms with Gasteiger partial charge in [-0.1, -0.05) is 0 Å². The van der Waals surface area contributed by atoms with Crippen molar-refractivity contribution in [3.8, 4) is 0 Å². The van der Waals surface area contributed by atoms with Gasteiger partial charge in [-0.05, 0) is 0 Å². The maximum Gasteiger partial charge on any atom is 0.311 e. The van der Waals surface area contributed by atoms with E-state index >= 15 is 0 Å². The smallest absolute Gasteiger partial charge is 0.311 e. The number of nitrogens with one attached hydrogen (secondary N) is 1. The zero-order valence-electron chi connectivity index (χ0n) is 10.7. The van der Waals surface area contributed by atoms with E-state index in [1.807, 2.05) is 0 Å². The summed E-state index contributed by atoms with van der Waals surface area (Å²) >= 11 is 0. The van der Waals surface area contributed by atoms with E-state index in [9.17, 15) is 20.4 Å². The van der Waals surface area contributed by atoms with Crippen LogP contribution < -0.4 is 11.1 Å². The van der Waals surface area contributed by atoms with Gasteiger partial charge in [0, 0.05) is 0 Å². The molecular formula is C11H15N3O7. The summed E-state index contributed by atoms with van der Waals surface area (Å²) in [6.07, 6.45) is -5.35. The lowest BCUT2D eigenvalue weighted by molar-refractivity contribution is -0.529. The fraction of sp³-hybridized carbons (Fsp3) is 0.909. The Morgan fingerprint density at radius 1 is 1.29 bits per heavy atom. The number of aliphatic hydroxyl groups excluding tert-OH is 2. The van der Waals surface area contributed by atoms with Gasteiger partial charge >= 0.3 is 5.97 Å². The monoisotopic (exact) mass is 301 g/mol. The number of nitrogens with zero attached hydrogens (tertiary/aromatic N) is 1. The summed E-state index contributed by atoms with van der Waals surface area (Å²) in [6, 6.07) is 0. The Morgan fingerprint density at radius 2 is 2.00 bits per heavy atom. The molecule has 1 saturated carbocycles. The number of guanidine groups is 1. The van der Waals surface area contributed by atoms with E-state index in [1.165, 1.54) is 0 Å². The average molecular weight is 301 g/mol. The molecule has 0 aromatic rings. The van der Waals surface area contributed by atoms with Gasteiger partial charge in [0.25, 0.3) is 0 Å². The van der Waals surface area contributed by atoms with Gasteiger partial charge < -0.3 is 45.7 Å². The fourth-order valence-corrected chi connectivity index (χ4v) is 4.65. The molecule has 0 aromatic carbocycles. The third-order valence-corrected chi connectivity index (χ3v) is 5.44. The number of aliphatic imine (C=N–C) groups is 1. The Balaban J connectivity index is 1.77. The summed E-state index contributed by atoms with van der Waals surface area (Å²) in [5.74, 6) is -2.66. The normalized spacial score (nSPS) is 66.2. The van der Waals surface area contributed by atoms with Crippen LogP contribution in [0.3, 0.4) is 0 Å². The van der Waals surface area contributed by atoms with Crippen LogP contribution in [-0.4, -0.2) is 80.7 Å². The van der Waals surface area contributed by atoms with Crippen LogP contribution in [0.15, 0.2) is 4.99 Å². The van der Waals surface area contributed by atoms with E-state index in [0.717, 1.165) is 0 Å². The van der Waals surface area contributed by atoms with Gasteiger partial charge in [0.1, 0.15) is 29.5 Å². The molecule has 7 N–H and O–H groups in total. The van der Waals surface area contributed by atoms with Crippen molar-refractivity contribution in [3.05, 3.63) is 0 Å². The second kappa shape index (κ2) is 3.18. The number of hydrogen-bond acceptors (Lipinski definition) is 10. The zero-order chi connectivity index (χ0) is 14.8. The van der Waals surface area contributed by atoms with Crippen molar-refractivity contribution in [2.24, 2.45) is 16.6 Å². The van der Waals surface area contributed by atoms with Gasteiger partial charge in [-0.25, -0.2) is 4.99 Å². The number of nitrogens with two attached hydrogens (primary N) is 1. The second-order valence-corrected chi connectivity index (χ2v) is 6.31. The molecule has 0 amide bonds. The van der Waals surface area contributed by atoms with Gasteiger partial charge in [-0.3, -0.25) is 0 Å². The molecule has 10 heteroatoms. The van der Waals surface area contributed by atoms with E-state index in [0.29, 0.717) is 0 Å². The van der Waals surface area contributed by atoms with Crippen LogP contribution >= 0.6 is 0 Å². The first-order valence-electron chi connectivity index (χ1n) is 6.73. The predicted octanol–water partition coefficient (Wildman–Crippen LogP) is -4.47. The van der Waals surface area contributed by atoms with E-state index in [1.54, 1.807) is 0 Å². The Kier molecular flexibility index (Phi) is 1.89. The third-order valence-electron chi connectivity index (χ3n) is 5.44. The SMILES string of the molecule is NC1=NC2O[C@@H]3[C@]4(O)OC5C2[C@@]3(N1)[C@H](O)[C@H](O4)[C@]5(O)CO. The molecule has 5 aliphatic heterocycles. The van der Waals surface area contributed by atoms with Crippen molar-refractivity contribution in [1.82, 2.24) is 5.32 Å². The Bertz CT molecular complexity index is 574. The lowest BCUT2D eigenvalue weighted by Gasteiger charge is -2.68. The van der Waals surface area contributed by atoms with E-state index in [2.05, 4.69) is 10.3 Å². The molecule has 1 aliphatic carbocycles. The largest absolute Gasteiger partial charge is 0.393 e. The maximum atomic E-state index is 10.7. The zero-order valence-corrected chi connectivity index (χ0v) is 10.7. The molecule has 6 rings (SSSR count). The van der Waals surface area contributed by atoms with Gasteiger partial charge in [0.05, 0.1) is 12.5 Å². The topological polar surface area (TPSA) is 159 Å². The minimum absolute atomic E-state index is 0.0795. The lowest BCUT2D eigenvalue weighted by atomic mass is 9.56. The first-order chi connectivity index (χ1) is 9.87. The van der Waals surface area contributed by atoms with Crippen LogP contribution in [0.25, 0.3) is 0 Å². The van der Waals surface area contributed by atoms with Crippen molar-refractivity contribution in [1.29, 1.82) is 0 Å². The van der Waals surface area contributed by atoms with Gasteiger partial charge in [0.15, 0.2) is 18.3 Å². The van der Waals surface area contributed by atoms with Crippen molar-refractivity contribution >= 4 is 5.96 Å². The predicted molar refractivity (Wildman–Crippen MR) is 62.4 cm³/mol. The Morgan fingerprint density at radius 3 is 2.71 bits per heavy atom. The maximum absolute atomic E-state index is 10.7. The van der Waals surface area contributed by atoms with Crippen molar-refractivity contribution in [2.45, 2.75) is 47.8 Å². The second-order valence-electron chi connectivity index (χ2n) is 6.31. The molecule has 0 radical (unpaired) electrons. The number of hydrogen-bond donors (Lipinski definition) is 6. The van der Waals surface area contributed by atoms with Crippen LogP contribution in [0, 0.1) is 5.92 Å². The van der Waals surface area contributed by atoms with Crippen LogP contribution in [0.5, 0.6) is 0 Å². The highest BCUT2D eigenvalue weighted by Crippen LogP contribution is 2.63. The molecule has 4 saturated heterocycles. The highest BCUT2D eigenvalue weighted by molar-refractivity contribution is 5.80. The molecule has 116 valence electrons. The Hall–Kier alpha value is -1.01. The molecule has 5 fully saturated rings. The highest BCUT2D eigenvalue weighted by atomic mass is 16.9. The minimum atomic E-state index is -2.13. The molecule has 10 nitrogen and oxygen atoms in total. The fourth-order valence-electron chi connectivity index (χ4n) is 4.65. The Labute approximate surface area is 118 Å². The molecular weight excluding hydrogens is 286 g/mol. The summed E-state index contributed by atoms with van der Waals surface area (Å²) in [5.41, 5.74) is 2.70. The van der Waals surface area contributed by atoms with Crippen molar-refractivity contribution < 1.29 is 34.6 Å². The van der Waals surface area contributed by atoms with Gasteiger partial charge in [-0.15, -0.1) is 0 Å². The van der Waals surface area contributed by atoms with Crippen LogP contribution in [0.2, 0.25) is 0 Å². The van der Waals surface area contributed by atoms with Crippen LogP contribution in [0.1, 0.15) is 0 Å². The molecule has 21 heavy (non-hydrogen) atoms. The average Bonchev–Trinajstić information content (AvgIpc) is 2.59. The van der Waals surface area contributed by atoms with Gasteiger partial charge in [-0.2, -0.15) is 0 Å². The summed E-state index contributed by atoms with van der Waals surface area (Å²) in [4.78, 5) is 4.09. The number of ether oxygens (including phenoxy) is 3. The molecule has 9 atom stereocenters. The summed E-state index contributed by atoms with van der Waals surface area (Å²) in [7, 11) is 0. The van der Waals surface area contributed by atoms with Crippen LogP contribution in [-0.2, 0) is 14.2 Å². The molecule has 5 heterocycles. The van der Waals surface area contributed by atoms with E-state index < -0.39 is 60.3 Å². The van der Waals surface area contributed by atoms with Gasteiger partial charge in [0.2, 0.25) is 0 Å². The van der Waals surface area contributed by atoms with Crippen molar-refractivity contribution in [3.63, 3.8) is 0 Å². The molecule has 7 bridgehead atoms. The number of aliphatic hydroxyl groups is 4. The lowest BCUT2D eigenvalue weighted by Crippen LogP contribution is -2.92. The molecule has 1 spiro atoms. The summed E-state index contributed by atoms with van der Waals surface area (Å²) < 4.78 is 16.4. The third kappa shape index (κ3) is 1.03. The minimum Gasteiger partial charge on any atom is -0.393 e. The molecule has 3 unspecified atom stereocenters. The first kappa shape index (κ1) is 12.5. The number of rotatable bonds is 1. The summed E-state index contributed by atoms with van der Waals surface area (Å²) in [6.45, 7) is -0.696.